The van der Waals surface area contributed by atoms with Crippen molar-refractivity contribution in [2.45, 2.75) is 25.6 Å². The summed E-state index contributed by atoms with van der Waals surface area (Å²) in [6.45, 7) is 3.52. The highest BCUT2D eigenvalue weighted by molar-refractivity contribution is 7.89. The van der Waals surface area contributed by atoms with E-state index in [2.05, 4.69) is 0 Å². The highest BCUT2D eigenvalue weighted by Gasteiger charge is 2.22. The molecule has 2 N–H and O–H groups in total. The van der Waals surface area contributed by atoms with Crippen molar-refractivity contribution < 1.29 is 8.42 Å². The van der Waals surface area contributed by atoms with Crippen LogP contribution in [0.3, 0.4) is 0 Å². The van der Waals surface area contributed by atoms with Crippen LogP contribution in [0.25, 0.3) is 0 Å². The van der Waals surface area contributed by atoms with E-state index in [4.69, 9.17) is 17.3 Å². The van der Waals surface area contributed by atoms with Gasteiger partial charge in [-0.05, 0) is 37.6 Å². The summed E-state index contributed by atoms with van der Waals surface area (Å²) in [5.41, 5.74) is 6.92. The molecule has 0 aromatic heterocycles. The Hall–Kier alpha value is -0.780. The number of nitrogens with two attached hydrogens (primary N) is 1. The van der Waals surface area contributed by atoms with Crippen LogP contribution in [-0.4, -0.2) is 25.0 Å². The summed E-state index contributed by atoms with van der Waals surface area (Å²) in [7, 11) is -1.73. The number of anilines is 1. The number of nitrogen functional groups attached to an aromatic ring is 1. The van der Waals surface area contributed by atoms with Gasteiger partial charge in [0, 0.05) is 24.3 Å². The Labute approximate surface area is 107 Å². The number of halogens is 1. The minimum Gasteiger partial charge on any atom is -0.399 e. The van der Waals surface area contributed by atoms with Crippen molar-refractivity contribution in [3.05, 3.63) is 28.8 Å². The summed E-state index contributed by atoms with van der Waals surface area (Å²) >= 11 is 5.99. The van der Waals surface area contributed by atoms with Gasteiger partial charge in [-0.15, -0.1) is 0 Å². The molecule has 96 valence electrons. The Morgan fingerprint density at radius 3 is 2.53 bits per heavy atom. The number of hydrogen-bond acceptors (Lipinski definition) is 3. The van der Waals surface area contributed by atoms with E-state index in [1.807, 2.05) is 0 Å². The lowest BCUT2D eigenvalue weighted by molar-refractivity contribution is 0.460. The molecule has 0 aliphatic heterocycles. The van der Waals surface area contributed by atoms with Crippen LogP contribution in [0.1, 0.15) is 19.4 Å². The van der Waals surface area contributed by atoms with Gasteiger partial charge >= 0.3 is 0 Å². The fourth-order valence-electron chi connectivity index (χ4n) is 1.41. The zero-order chi connectivity index (χ0) is 13.2. The normalized spacial score (nSPS) is 12.4. The first-order valence-electron chi connectivity index (χ1n) is 5.24. The number of hydrogen-bond donors (Lipinski definition) is 1. The number of benzene rings is 1. The molecular weight excluding hydrogens is 260 g/mol. The molecule has 0 saturated carbocycles. The standard InChI is InChI=1S/C11H17ClN2O2S/c1-8(2)17(15,16)14(3)7-9-6-10(13)4-5-11(9)12/h4-6,8H,7,13H2,1-3H3. The molecule has 4 nitrogen and oxygen atoms in total. The third kappa shape index (κ3) is 3.34. The van der Waals surface area contributed by atoms with Crippen LogP contribution in [0, 0.1) is 0 Å². The van der Waals surface area contributed by atoms with E-state index >= 15 is 0 Å². The van der Waals surface area contributed by atoms with Crippen molar-refractivity contribution in [1.29, 1.82) is 0 Å². The zero-order valence-corrected chi connectivity index (χ0v) is 11.7. The molecule has 17 heavy (non-hydrogen) atoms. The van der Waals surface area contributed by atoms with Crippen LogP contribution >= 0.6 is 11.6 Å². The molecule has 1 aromatic carbocycles. The van der Waals surface area contributed by atoms with Crippen molar-refractivity contribution in [1.82, 2.24) is 4.31 Å². The van der Waals surface area contributed by atoms with E-state index in [9.17, 15) is 8.42 Å². The minimum absolute atomic E-state index is 0.227. The first-order valence-corrected chi connectivity index (χ1v) is 7.12. The maximum Gasteiger partial charge on any atom is 0.216 e. The molecule has 0 bridgehead atoms. The topological polar surface area (TPSA) is 63.4 Å². The lowest BCUT2D eigenvalue weighted by Crippen LogP contribution is -2.32. The fraction of sp³-hybridized carbons (Fsp3) is 0.455. The average Bonchev–Trinajstić information content (AvgIpc) is 2.23. The maximum atomic E-state index is 11.9. The Bertz CT molecular complexity index is 500. The quantitative estimate of drug-likeness (QED) is 0.857. The van der Waals surface area contributed by atoms with Crippen molar-refractivity contribution >= 4 is 27.3 Å². The van der Waals surface area contributed by atoms with Gasteiger partial charge in [0.05, 0.1) is 5.25 Å². The van der Waals surface area contributed by atoms with E-state index in [1.165, 1.54) is 11.4 Å². The molecule has 0 amide bonds. The SMILES string of the molecule is CC(C)S(=O)(=O)N(C)Cc1cc(N)ccc1Cl. The molecule has 0 spiro atoms. The summed E-state index contributed by atoms with van der Waals surface area (Å²) in [5, 5.41) is 0.0670. The van der Waals surface area contributed by atoms with E-state index in [0.29, 0.717) is 16.3 Å². The average molecular weight is 277 g/mol. The van der Waals surface area contributed by atoms with Gasteiger partial charge in [-0.1, -0.05) is 11.6 Å². The van der Waals surface area contributed by atoms with Crippen molar-refractivity contribution in [2.75, 3.05) is 12.8 Å². The Morgan fingerprint density at radius 1 is 1.41 bits per heavy atom. The predicted octanol–water partition coefficient (Wildman–Crippen LogP) is 2.09. The van der Waals surface area contributed by atoms with E-state index in [1.54, 1.807) is 32.0 Å². The molecule has 0 unspecified atom stereocenters. The lowest BCUT2D eigenvalue weighted by Gasteiger charge is -2.20. The molecule has 0 fully saturated rings. The van der Waals surface area contributed by atoms with Gasteiger partial charge in [0.2, 0.25) is 10.0 Å². The molecule has 1 rings (SSSR count). The van der Waals surface area contributed by atoms with E-state index in [-0.39, 0.29) is 6.54 Å². The minimum atomic E-state index is -3.27. The molecule has 6 heteroatoms. The summed E-state index contributed by atoms with van der Waals surface area (Å²) in [4.78, 5) is 0. The largest absolute Gasteiger partial charge is 0.399 e. The summed E-state index contributed by atoms with van der Waals surface area (Å²) in [6.07, 6.45) is 0. The highest BCUT2D eigenvalue weighted by Crippen LogP contribution is 2.21. The van der Waals surface area contributed by atoms with Crippen LogP contribution in [-0.2, 0) is 16.6 Å². The van der Waals surface area contributed by atoms with Crippen LogP contribution in [0.15, 0.2) is 18.2 Å². The van der Waals surface area contributed by atoms with Gasteiger partial charge in [-0.25, -0.2) is 12.7 Å². The third-order valence-electron chi connectivity index (χ3n) is 2.49. The number of rotatable bonds is 4. The van der Waals surface area contributed by atoms with Crippen LogP contribution in [0.2, 0.25) is 5.02 Å². The second-order valence-electron chi connectivity index (χ2n) is 4.20. The Morgan fingerprint density at radius 2 is 2.00 bits per heavy atom. The van der Waals surface area contributed by atoms with Gasteiger partial charge in [0.15, 0.2) is 0 Å². The predicted molar refractivity (Wildman–Crippen MR) is 71.4 cm³/mol. The first kappa shape index (κ1) is 14.3. The molecule has 0 atom stereocenters. The highest BCUT2D eigenvalue weighted by atomic mass is 35.5. The van der Waals surface area contributed by atoms with Gasteiger partial charge in [-0.2, -0.15) is 0 Å². The monoisotopic (exact) mass is 276 g/mol. The summed E-state index contributed by atoms with van der Waals surface area (Å²) in [6, 6.07) is 5.04. The first-order chi connectivity index (χ1) is 7.75. The van der Waals surface area contributed by atoms with Crippen molar-refractivity contribution in [3.8, 4) is 0 Å². The van der Waals surface area contributed by atoms with E-state index in [0.717, 1.165) is 0 Å². The molecular formula is C11H17ClN2O2S. The van der Waals surface area contributed by atoms with Crippen molar-refractivity contribution in [2.24, 2.45) is 0 Å². The molecule has 0 radical (unpaired) electrons. The Kier molecular flexibility index (Phi) is 4.41. The third-order valence-corrected chi connectivity index (χ3v) is 5.05. The number of nitrogens with zero attached hydrogens (tertiary/aromatic N) is 1. The van der Waals surface area contributed by atoms with Gasteiger partial charge < -0.3 is 5.73 Å². The van der Waals surface area contributed by atoms with Gasteiger partial charge in [-0.3, -0.25) is 0 Å². The summed E-state index contributed by atoms with van der Waals surface area (Å²) < 4.78 is 25.1. The van der Waals surface area contributed by atoms with Crippen LogP contribution < -0.4 is 5.73 Å². The number of sulfonamides is 1. The van der Waals surface area contributed by atoms with Crippen LogP contribution in [0.5, 0.6) is 0 Å². The van der Waals surface area contributed by atoms with Gasteiger partial charge in [0.1, 0.15) is 0 Å². The molecule has 1 aromatic rings. The molecule has 0 aliphatic carbocycles. The van der Waals surface area contributed by atoms with Crippen LogP contribution in [0.4, 0.5) is 5.69 Å². The molecule has 0 saturated heterocycles. The summed E-state index contributed by atoms with van der Waals surface area (Å²) in [5.74, 6) is 0. The fourth-order valence-corrected chi connectivity index (χ4v) is 2.62. The second kappa shape index (κ2) is 5.25. The van der Waals surface area contributed by atoms with Crippen molar-refractivity contribution in [3.63, 3.8) is 0 Å². The second-order valence-corrected chi connectivity index (χ2v) is 7.20. The molecule has 0 heterocycles. The smallest absolute Gasteiger partial charge is 0.216 e. The maximum absolute atomic E-state index is 11.9. The Balaban J connectivity index is 2.96. The van der Waals surface area contributed by atoms with E-state index < -0.39 is 15.3 Å². The van der Waals surface area contributed by atoms with Gasteiger partial charge in [0.25, 0.3) is 0 Å². The zero-order valence-electron chi connectivity index (χ0n) is 10.1. The molecule has 0 aliphatic rings. The lowest BCUT2D eigenvalue weighted by atomic mass is 10.2.